The number of aliphatic carboxylic acids is 1. The molecule has 0 saturated carbocycles. The van der Waals surface area contributed by atoms with E-state index in [-0.39, 0.29) is 23.8 Å². The van der Waals surface area contributed by atoms with Gasteiger partial charge >= 0.3 is 5.97 Å². The molecular formula is C21H32N4O5S2. The van der Waals surface area contributed by atoms with E-state index in [1.807, 2.05) is 44.2 Å². The van der Waals surface area contributed by atoms with Crippen LogP contribution in [0.2, 0.25) is 0 Å². The van der Waals surface area contributed by atoms with Crippen molar-refractivity contribution in [3.05, 3.63) is 35.9 Å². The Kier molecular flexibility index (Phi) is 12.2. The van der Waals surface area contributed by atoms with Crippen molar-refractivity contribution in [3.63, 3.8) is 0 Å². The van der Waals surface area contributed by atoms with Gasteiger partial charge in [0.1, 0.15) is 18.1 Å². The molecule has 0 saturated heterocycles. The molecule has 0 spiro atoms. The summed E-state index contributed by atoms with van der Waals surface area (Å²) in [6.07, 6.45) is 0.878. The van der Waals surface area contributed by atoms with Crippen LogP contribution in [0, 0.1) is 5.92 Å². The summed E-state index contributed by atoms with van der Waals surface area (Å²) < 4.78 is 0. The molecule has 3 amide bonds. The van der Waals surface area contributed by atoms with Crippen LogP contribution in [-0.2, 0) is 25.6 Å². The Balaban J connectivity index is 2.98. The predicted molar refractivity (Wildman–Crippen MR) is 129 cm³/mol. The number of carboxylic acids is 1. The Labute approximate surface area is 199 Å². The molecule has 0 aliphatic rings. The molecule has 1 aromatic rings. The average molecular weight is 485 g/mol. The topological polar surface area (TPSA) is 151 Å². The van der Waals surface area contributed by atoms with Gasteiger partial charge in [-0.25, -0.2) is 4.79 Å². The zero-order valence-electron chi connectivity index (χ0n) is 18.2. The summed E-state index contributed by atoms with van der Waals surface area (Å²) in [7, 11) is 0. The van der Waals surface area contributed by atoms with Gasteiger partial charge in [0, 0.05) is 17.9 Å². The predicted octanol–water partition coefficient (Wildman–Crippen LogP) is 0.00110. The molecule has 0 aromatic heterocycles. The highest BCUT2D eigenvalue weighted by atomic mass is 32.1. The van der Waals surface area contributed by atoms with E-state index in [2.05, 4.69) is 41.2 Å². The van der Waals surface area contributed by atoms with Gasteiger partial charge in [-0.2, -0.15) is 25.3 Å². The summed E-state index contributed by atoms with van der Waals surface area (Å²) in [6.45, 7) is 3.76. The van der Waals surface area contributed by atoms with E-state index in [0.29, 0.717) is 6.42 Å². The maximum absolute atomic E-state index is 13.0. The number of carboxylic acid groups (broad SMARTS) is 1. The molecular weight excluding hydrogens is 452 g/mol. The van der Waals surface area contributed by atoms with Gasteiger partial charge < -0.3 is 26.8 Å². The first-order chi connectivity index (χ1) is 15.1. The highest BCUT2D eigenvalue weighted by Crippen LogP contribution is 2.08. The molecule has 0 aliphatic heterocycles. The van der Waals surface area contributed by atoms with Crippen molar-refractivity contribution in [2.24, 2.45) is 11.7 Å². The number of thiol groups is 2. The number of nitrogens with two attached hydrogens (primary N) is 1. The molecule has 1 aromatic carbocycles. The number of hydrogen-bond acceptors (Lipinski definition) is 7. The minimum atomic E-state index is -1.24. The highest BCUT2D eigenvalue weighted by molar-refractivity contribution is 7.80. The second kappa shape index (κ2) is 14.0. The minimum absolute atomic E-state index is 0.0745. The van der Waals surface area contributed by atoms with E-state index in [4.69, 9.17) is 10.8 Å². The Morgan fingerprint density at radius 3 is 1.91 bits per heavy atom. The van der Waals surface area contributed by atoms with Crippen LogP contribution < -0.4 is 21.7 Å². The normalized spacial score (nSPS) is 15.5. The van der Waals surface area contributed by atoms with Crippen molar-refractivity contribution in [1.29, 1.82) is 0 Å². The number of carbonyl (C=O) groups is 4. The third kappa shape index (κ3) is 8.71. The van der Waals surface area contributed by atoms with Gasteiger partial charge in [-0.05, 0) is 11.5 Å². The molecule has 9 nitrogen and oxygen atoms in total. The van der Waals surface area contributed by atoms with E-state index in [1.54, 1.807) is 0 Å². The molecule has 0 fully saturated rings. The van der Waals surface area contributed by atoms with Gasteiger partial charge in [-0.15, -0.1) is 0 Å². The van der Waals surface area contributed by atoms with E-state index in [9.17, 15) is 19.2 Å². The lowest BCUT2D eigenvalue weighted by molar-refractivity contribution is -0.141. The second-order valence-electron chi connectivity index (χ2n) is 7.49. The molecule has 178 valence electrons. The first kappa shape index (κ1) is 27.8. The molecule has 0 radical (unpaired) electrons. The van der Waals surface area contributed by atoms with Crippen molar-refractivity contribution < 1.29 is 24.3 Å². The maximum atomic E-state index is 13.0. The van der Waals surface area contributed by atoms with Crippen LogP contribution in [-0.4, -0.2) is 64.5 Å². The van der Waals surface area contributed by atoms with Gasteiger partial charge in [-0.1, -0.05) is 50.6 Å². The zero-order chi connectivity index (χ0) is 24.3. The van der Waals surface area contributed by atoms with Crippen LogP contribution in [0.25, 0.3) is 0 Å². The number of benzene rings is 1. The first-order valence-corrected chi connectivity index (χ1v) is 11.6. The second-order valence-corrected chi connectivity index (χ2v) is 8.22. The van der Waals surface area contributed by atoms with Crippen molar-refractivity contribution >= 4 is 48.9 Å². The summed E-state index contributed by atoms with van der Waals surface area (Å²) >= 11 is 8.00. The van der Waals surface area contributed by atoms with Gasteiger partial charge in [0.25, 0.3) is 0 Å². The molecule has 6 N–H and O–H groups in total. The summed E-state index contributed by atoms with van der Waals surface area (Å²) in [5.74, 6) is -3.31. The van der Waals surface area contributed by atoms with Crippen LogP contribution in [0.4, 0.5) is 0 Å². The summed E-state index contributed by atoms with van der Waals surface area (Å²) in [4.78, 5) is 49.2. The van der Waals surface area contributed by atoms with Crippen LogP contribution in [0.5, 0.6) is 0 Å². The number of rotatable bonds is 13. The summed E-state index contributed by atoms with van der Waals surface area (Å²) in [5, 5.41) is 16.6. The third-order valence-electron chi connectivity index (χ3n) is 5.09. The molecule has 0 bridgehead atoms. The molecule has 1 rings (SSSR count). The minimum Gasteiger partial charge on any atom is -0.480 e. The molecule has 0 heterocycles. The van der Waals surface area contributed by atoms with Gasteiger partial charge in [0.05, 0.1) is 6.04 Å². The molecule has 0 aliphatic carbocycles. The smallest absolute Gasteiger partial charge is 0.327 e. The fraction of sp³-hybridized carbons (Fsp3) is 0.524. The molecule has 11 heteroatoms. The first-order valence-electron chi connectivity index (χ1n) is 10.3. The lowest BCUT2D eigenvalue weighted by Gasteiger charge is -2.25. The van der Waals surface area contributed by atoms with Crippen molar-refractivity contribution in [1.82, 2.24) is 16.0 Å². The SMILES string of the molecule is CCC(C)C(N)C(=O)NC(Cc1ccccc1)C(=O)NC(CS)C(=O)NC(CS)C(=O)O. The fourth-order valence-electron chi connectivity index (χ4n) is 2.76. The zero-order valence-corrected chi connectivity index (χ0v) is 19.9. The lowest BCUT2D eigenvalue weighted by Crippen LogP contribution is -2.58. The summed E-state index contributed by atoms with van der Waals surface area (Å²) in [5.41, 5.74) is 6.81. The third-order valence-corrected chi connectivity index (χ3v) is 5.82. The number of hydrogen-bond donors (Lipinski definition) is 7. The van der Waals surface area contributed by atoms with Crippen molar-refractivity contribution in [2.45, 2.75) is 50.9 Å². The maximum Gasteiger partial charge on any atom is 0.327 e. The fourth-order valence-corrected chi connectivity index (χ4v) is 3.27. The summed E-state index contributed by atoms with van der Waals surface area (Å²) in [6, 6.07) is 4.98. The quantitative estimate of drug-likeness (QED) is 0.196. The monoisotopic (exact) mass is 484 g/mol. The number of carbonyl (C=O) groups excluding carboxylic acids is 3. The highest BCUT2D eigenvalue weighted by Gasteiger charge is 2.30. The van der Waals surface area contributed by atoms with E-state index < -0.39 is 47.9 Å². The van der Waals surface area contributed by atoms with Gasteiger partial charge in [0.2, 0.25) is 17.7 Å². The van der Waals surface area contributed by atoms with Crippen LogP contribution in [0.3, 0.4) is 0 Å². The van der Waals surface area contributed by atoms with Crippen molar-refractivity contribution in [3.8, 4) is 0 Å². The van der Waals surface area contributed by atoms with Crippen molar-refractivity contribution in [2.75, 3.05) is 11.5 Å². The Morgan fingerprint density at radius 1 is 0.906 bits per heavy atom. The Hall–Kier alpha value is -2.24. The standard InChI is InChI=1S/C21H32N4O5S2/c1-3-12(2)17(22)20(28)23-14(9-13-7-5-4-6-8-13)18(26)24-15(10-31)19(27)25-16(11-32)21(29)30/h4-8,12,14-17,31-32H,3,9-11,22H2,1-2H3,(H,23,28)(H,24,26)(H,25,27)(H,29,30). The lowest BCUT2D eigenvalue weighted by atomic mass is 9.98. The number of amides is 3. The largest absolute Gasteiger partial charge is 0.480 e. The Bertz CT molecular complexity index is 781. The molecule has 5 atom stereocenters. The van der Waals surface area contributed by atoms with Crippen LogP contribution in [0.1, 0.15) is 25.8 Å². The van der Waals surface area contributed by atoms with E-state index in [0.717, 1.165) is 5.56 Å². The molecule has 5 unspecified atom stereocenters. The van der Waals surface area contributed by atoms with Gasteiger partial charge in [-0.3, -0.25) is 14.4 Å². The number of nitrogens with one attached hydrogen (secondary N) is 3. The van der Waals surface area contributed by atoms with Crippen LogP contribution >= 0.6 is 25.3 Å². The average Bonchev–Trinajstić information content (AvgIpc) is 2.79. The molecule has 32 heavy (non-hydrogen) atoms. The Morgan fingerprint density at radius 2 is 1.41 bits per heavy atom. The van der Waals surface area contributed by atoms with Gasteiger partial charge in [0.15, 0.2) is 0 Å². The van der Waals surface area contributed by atoms with E-state index in [1.165, 1.54) is 0 Å². The van der Waals surface area contributed by atoms with Crippen LogP contribution in [0.15, 0.2) is 30.3 Å². The van der Waals surface area contributed by atoms with E-state index >= 15 is 0 Å².